The fourth-order valence-corrected chi connectivity index (χ4v) is 3.13. The number of aliphatic carboxylic acids is 1. The number of carbonyl (C=O) groups excluding carboxylic acids is 1. The van der Waals surface area contributed by atoms with Crippen LogP contribution in [0.4, 0.5) is 4.79 Å². The van der Waals surface area contributed by atoms with E-state index in [1.807, 2.05) is 24.4 Å². The number of nitrogens with one attached hydrogen (secondary N) is 1. The van der Waals surface area contributed by atoms with Crippen LogP contribution in [0.25, 0.3) is 0 Å². The monoisotopic (exact) mass is 312 g/mol. The molecule has 21 heavy (non-hydrogen) atoms. The van der Waals surface area contributed by atoms with Crippen molar-refractivity contribution in [1.82, 2.24) is 10.2 Å². The zero-order chi connectivity index (χ0) is 15.5. The Hall–Kier alpha value is -1.60. The smallest absolute Gasteiger partial charge is 0.329 e. The van der Waals surface area contributed by atoms with Gasteiger partial charge in [0.2, 0.25) is 0 Å². The third-order valence-corrected chi connectivity index (χ3v) is 5.00. The Labute approximate surface area is 127 Å². The highest BCUT2D eigenvalue weighted by molar-refractivity contribution is 7.10. The number of amides is 2. The van der Waals surface area contributed by atoms with Crippen LogP contribution in [0.2, 0.25) is 0 Å². The fourth-order valence-electron chi connectivity index (χ4n) is 2.30. The SMILES string of the molecule is CC(c1cccs1)N(C)C(=O)NC1(C(=O)O)CCOCC1. The summed E-state index contributed by atoms with van der Waals surface area (Å²) < 4.78 is 5.20. The van der Waals surface area contributed by atoms with Crippen molar-refractivity contribution < 1.29 is 19.4 Å². The van der Waals surface area contributed by atoms with E-state index < -0.39 is 11.5 Å². The van der Waals surface area contributed by atoms with Gasteiger partial charge in [0.25, 0.3) is 0 Å². The van der Waals surface area contributed by atoms with Crippen molar-refractivity contribution in [3.8, 4) is 0 Å². The number of thiophene rings is 1. The number of rotatable bonds is 4. The van der Waals surface area contributed by atoms with Gasteiger partial charge in [0.05, 0.1) is 6.04 Å². The molecule has 1 fully saturated rings. The number of carboxylic acid groups (broad SMARTS) is 1. The number of urea groups is 1. The molecule has 1 saturated heterocycles. The number of ether oxygens (including phenoxy) is 1. The van der Waals surface area contributed by atoms with Gasteiger partial charge >= 0.3 is 12.0 Å². The average Bonchev–Trinajstić information content (AvgIpc) is 3.00. The van der Waals surface area contributed by atoms with Crippen LogP contribution in [-0.2, 0) is 9.53 Å². The molecule has 0 aromatic carbocycles. The van der Waals surface area contributed by atoms with Crippen LogP contribution in [0.1, 0.15) is 30.7 Å². The van der Waals surface area contributed by atoms with Crippen LogP contribution in [0.15, 0.2) is 17.5 Å². The Balaban J connectivity index is 2.06. The van der Waals surface area contributed by atoms with Crippen LogP contribution >= 0.6 is 11.3 Å². The van der Waals surface area contributed by atoms with E-state index in [2.05, 4.69) is 5.32 Å². The van der Waals surface area contributed by atoms with E-state index in [0.717, 1.165) is 4.88 Å². The summed E-state index contributed by atoms with van der Waals surface area (Å²) >= 11 is 1.57. The lowest BCUT2D eigenvalue weighted by atomic mass is 9.90. The molecule has 2 N–H and O–H groups in total. The third kappa shape index (κ3) is 3.36. The second-order valence-corrected chi connectivity index (χ2v) is 6.21. The molecule has 1 atom stereocenters. The zero-order valence-electron chi connectivity index (χ0n) is 12.2. The second-order valence-electron chi connectivity index (χ2n) is 5.23. The van der Waals surface area contributed by atoms with E-state index >= 15 is 0 Å². The molecule has 2 heterocycles. The van der Waals surface area contributed by atoms with E-state index in [0.29, 0.717) is 13.2 Å². The van der Waals surface area contributed by atoms with Crippen molar-refractivity contribution in [3.05, 3.63) is 22.4 Å². The molecule has 7 heteroatoms. The van der Waals surface area contributed by atoms with Crippen LogP contribution in [0.3, 0.4) is 0 Å². The minimum absolute atomic E-state index is 0.101. The van der Waals surface area contributed by atoms with Gasteiger partial charge in [0, 0.05) is 38.0 Å². The molecule has 2 rings (SSSR count). The summed E-state index contributed by atoms with van der Waals surface area (Å²) in [6, 6.07) is 3.41. The van der Waals surface area contributed by atoms with Gasteiger partial charge in [0.1, 0.15) is 5.54 Å². The van der Waals surface area contributed by atoms with Crippen molar-refractivity contribution in [2.75, 3.05) is 20.3 Å². The maximum Gasteiger partial charge on any atom is 0.329 e. The molecular formula is C14H20N2O4S. The Morgan fingerprint density at radius 3 is 2.67 bits per heavy atom. The maximum atomic E-state index is 12.4. The Bertz CT molecular complexity index is 497. The predicted molar refractivity (Wildman–Crippen MR) is 79.4 cm³/mol. The van der Waals surface area contributed by atoms with Crippen molar-refractivity contribution in [2.45, 2.75) is 31.3 Å². The topological polar surface area (TPSA) is 78.9 Å². The molecule has 0 aliphatic carbocycles. The summed E-state index contributed by atoms with van der Waals surface area (Å²) in [6.07, 6.45) is 0.574. The molecule has 116 valence electrons. The van der Waals surface area contributed by atoms with Crippen molar-refractivity contribution in [3.63, 3.8) is 0 Å². The first-order valence-corrected chi connectivity index (χ1v) is 7.74. The lowest BCUT2D eigenvalue weighted by Crippen LogP contribution is -2.59. The predicted octanol–water partition coefficient (Wildman–Crippen LogP) is 2.08. The largest absolute Gasteiger partial charge is 0.480 e. The molecule has 0 spiro atoms. The first kappa shape index (κ1) is 15.8. The highest BCUT2D eigenvalue weighted by Gasteiger charge is 2.42. The van der Waals surface area contributed by atoms with Crippen molar-refractivity contribution in [1.29, 1.82) is 0 Å². The quantitative estimate of drug-likeness (QED) is 0.892. The van der Waals surface area contributed by atoms with Gasteiger partial charge in [0.15, 0.2) is 0 Å². The lowest BCUT2D eigenvalue weighted by molar-refractivity contribution is -0.148. The Morgan fingerprint density at radius 1 is 1.48 bits per heavy atom. The van der Waals surface area contributed by atoms with Gasteiger partial charge in [-0.3, -0.25) is 0 Å². The molecule has 6 nitrogen and oxygen atoms in total. The molecule has 0 radical (unpaired) electrons. The molecular weight excluding hydrogens is 292 g/mol. The lowest BCUT2D eigenvalue weighted by Gasteiger charge is -2.36. The maximum absolute atomic E-state index is 12.4. The molecule has 1 aromatic heterocycles. The van der Waals surface area contributed by atoms with E-state index in [9.17, 15) is 14.7 Å². The van der Waals surface area contributed by atoms with E-state index in [1.165, 1.54) is 4.90 Å². The molecule has 0 saturated carbocycles. The normalized spacial score (nSPS) is 18.8. The average molecular weight is 312 g/mol. The molecule has 1 aliphatic rings. The summed E-state index contributed by atoms with van der Waals surface area (Å²) in [6.45, 7) is 2.61. The van der Waals surface area contributed by atoms with Crippen molar-refractivity contribution >= 4 is 23.3 Å². The van der Waals surface area contributed by atoms with Crippen LogP contribution in [0, 0.1) is 0 Å². The van der Waals surface area contributed by atoms with Crippen molar-refractivity contribution in [2.24, 2.45) is 0 Å². The van der Waals surface area contributed by atoms with Gasteiger partial charge in [-0.1, -0.05) is 6.07 Å². The van der Waals surface area contributed by atoms with E-state index in [-0.39, 0.29) is 24.9 Å². The van der Waals surface area contributed by atoms with E-state index in [1.54, 1.807) is 18.4 Å². The second kappa shape index (κ2) is 6.44. The Morgan fingerprint density at radius 2 is 2.14 bits per heavy atom. The molecule has 0 bridgehead atoms. The van der Waals surface area contributed by atoms with Crippen LogP contribution in [0.5, 0.6) is 0 Å². The first-order valence-electron chi connectivity index (χ1n) is 6.86. The van der Waals surface area contributed by atoms with E-state index in [4.69, 9.17) is 4.74 Å². The highest BCUT2D eigenvalue weighted by Crippen LogP contribution is 2.25. The van der Waals surface area contributed by atoms with Crippen LogP contribution in [-0.4, -0.2) is 47.8 Å². The fraction of sp³-hybridized carbons (Fsp3) is 0.571. The number of hydrogen-bond acceptors (Lipinski definition) is 4. The van der Waals surface area contributed by atoms with Gasteiger partial charge in [-0.05, 0) is 18.4 Å². The minimum Gasteiger partial charge on any atom is -0.480 e. The van der Waals surface area contributed by atoms with Crippen LogP contribution < -0.4 is 5.32 Å². The minimum atomic E-state index is -1.22. The zero-order valence-corrected chi connectivity index (χ0v) is 13.0. The summed E-state index contributed by atoms with van der Waals surface area (Å²) in [5, 5.41) is 14.1. The highest BCUT2D eigenvalue weighted by atomic mass is 32.1. The number of hydrogen-bond donors (Lipinski definition) is 2. The third-order valence-electron chi connectivity index (χ3n) is 3.96. The Kier molecular flexibility index (Phi) is 4.84. The van der Waals surface area contributed by atoms with Gasteiger partial charge in [-0.2, -0.15) is 0 Å². The first-order chi connectivity index (χ1) is 9.96. The molecule has 1 unspecified atom stereocenters. The summed E-state index contributed by atoms with van der Waals surface area (Å²) in [5.41, 5.74) is -1.22. The van der Waals surface area contributed by atoms with Gasteiger partial charge in [-0.15, -0.1) is 11.3 Å². The number of carbonyl (C=O) groups is 2. The summed E-state index contributed by atoms with van der Waals surface area (Å²) in [7, 11) is 1.68. The number of carboxylic acids is 1. The standard InChI is InChI=1S/C14H20N2O4S/c1-10(11-4-3-9-21-11)16(2)13(19)15-14(12(17)18)5-7-20-8-6-14/h3-4,9-10H,5-8H2,1-2H3,(H,15,19)(H,17,18). The molecule has 2 amide bonds. The summed E-state index contributed by atoms with van der Waals surface area (Å²) in [5.74, 6) is -1.00. The number of nitrogens with zero attached hydrogens (tertiary/aromatic N) is 1. The van der Waals surface area contributed by atoms with Gasteiger partial charge < -0.3 is 20.1 Å². The molecule has 1 aromatic rings. The molecule has 1 aliphatic heterocycles. The summed E-state index contributed by atoms with van der Waals surface area (Å²) in [4.78, 5) is 26.5. The van der Waals surface area contributed by atoms with Gasteiger partial charge in [-0.25, -0.2) is 9.59 Å².